The number of benzene rings is 1. The van der Waals surface area contributed by atoms with Crippen LogP contribution in [0.25, 0.3) is 0 Å². The van der Waals surface area contributed by atoms with Crippen molar-refractivity contribution in [1.29, 1.82) is 0 Å². The summed E-state index contributed by atoms with van der Waals surface area (Å²) >= 11 is 0. The van der Waals surface area contributed by atoms with Gasteiger partial charge in [0.2, 0.25) is 0 Å². The molecule has 0 spiro atoms. The van der Waals surface area contributed by atoms with E-state index < -0.39 is 42.3 Å². The van der Waals surface area contributed by atoms with Crippen molar-refractivity contribution in [1.82, 2.24) is 4.90 Å². The van der Waals surface area contributed by atoms with Crippen LogP contribution in [0.1, 0.15) is 37.0 Å². The first kappa shape index (κ1) is 26.8. The minimum atomic E-state index is -2.74. The van der Waals surface area contributed by atoms with E-state index in [1.807, 2.05) is 0 Å². The number of carbonyl (C=O) groups is 4. The Hall–Kier alpha value is -3.18. The molecule has 5 N–H and O–H groups in total. The lowest BCUT2D eigenvalue weighted by Gasteiger charge is -2.18. The zero-order valence-corrected chi connectivity index (χ0v) is 16.8. The molecule has 30 heavy (non-hydrogen) atoms. The Morgan fingerprint density at radius 1 is 0.933 bits per heavy atom. The van der Waals surface area contributed by atoms with Gasteiger partial charge in [0.1, 0.15) is 17.9 Å². The van der Waals surface area contributed by atoms with Crippen molar-refractivity contribution in [2.45, 2.75) is 32.3 Å². The van der Waals surface area contributed by atoms with Crippen LogP contribution in [-0.4, -0.2) is 86.2 Å². The highest BCUT2D eigenvalue weighted by Gasteiger charge is 2.40. The van der Waals surface area contributed by atoms with Crippen molar-refractivity contribution in [2.75, 3.05) is 26.2 Å². The van der Waals surface area contributed by atoms with Crippen molar-refractivity contribution >= 4 is 23.9 Å². The molecule has 0 radical (unpaired) electrons. The quantitative estimate of drug-likeness (QED) is 0.318. The number of nitrogens with zero attached hydrogens (tertiary/aromatic N) is 1. The van der Waals surface area contributed by atoms with Crippen molar-refractivity contribution in [2.24, 2.45) is 0 Å². The molecule has 0 aromatic heterocycles. The molecule has 0 saturated heterocycles. The van der Waals surface area contributed by atoms with E-state index in [9.17, 15) is 19.2 Å². The lowest BCUT2D eigenvalue weighted by atomic mass is 9.96. The number of para-hydroxylation sites is 1. The lowest BCUT2D eigenvalue weighted by molar-refractivity contribution is -0.170. The molecule has 0 unspecified atom stereocenters. The van der Waals surface area contributed by atoms with Gasteiger partial charge in [-0.05, 0) is 25.2 Å². The summed E-state index contributed by atoms with van der Waals surface area (Å²) in [6, 6.07) is 6.71. The molecule has 0 saturated carbocycles. The third-order valence-corrected chi connectivity index (χ3v) is 3.96. The number of hydrogen-bond donors (Lipinski definition) is 5. The number of rotatable bonds is 12. The first-order valence-electron chi connectivity index (χ1n) is 9.03. The van der Waals surface area contributed by atoms with E-state index in [1.54, 1.807) is 24.3 Å². The van der Waals surface area contributed by atoms with Gasteiger partial charge in [0, 0.05) is 6.54 Å². The minimum Gasteiger partial charge on any atom is -0.491 e. The Labute approximate surface area is 173 Å². The number of aliphatic hydroxyl groups is 1. The first-order valence-corrected chi connectivity index (χ1v) is 9.03. The Morgan fingerprint density at radius 2 is 1.43 bits per heavy atom. The highest BCUT2D eigenvalue weighted by Crippen LogP contribution is 2.17. The molecule has 0 aliphatic carbocycles. The average molecular weight is 429 g/mol. The molecule has 11 nitrogen and oxygen atoms in total. The molecule has 1 aromatic rings. The summed E-state index contributed by atoms with van der Waals surface area (Å²) in [6.45, 7) is 7.44. The molecule has 0 aliphatic heterocycles. The van der Waals surface area contributed by atoms with Crippen LogP contribution in [0.2, 0.25) is 0 Å². The Kier molecular flexibility index (Phi) is 11.7. The van der Waals surface area contributed by atoms with Crippen LogP contribution < -0.4 is 4.74 Å². The molecular formula is C19H27NO10. The summed E-state index contributed by atoms with van der Waals surface area (Å²) in [6.07, 6.45) is -2.29. The predicted octanol–water partition coefficient (Wildman–Crippen LogP) is 0.857. The van der Waals surface area contributed by atoms with Gasteiger partial charge in [-0.25, -0.2) is 9.59 Å². The lowest BCUT2D eigenvalue weighted by Crippen LogP contribution is -2.42. The molecule has 0 heterocycles. The van der Waals surface area contributed by atoms with E-state index in [-0.39, 0.29) is 5.56 Å². The van der Waals surface area contributed by atoms with Gasteiger partial charge in [-0.3, -0.25) is 9.59 Å². The third kappa shape index (κ3) is 9.85. The zero-order chi connectivity index (χ0) is 23.3. The van der Waals surface area contributed by atoms with Gasteiger partial charge in [0.05, 0.1) is 12.8 Å². The summed E-state index contributed by atoms with van der Waals surface area (Å²) in [4.78, 5) is 43.7. The van der Waals surface area contributed by atoms with Crippen LogP contribution in [0.3, 0.4) is 0 Å². The largest absolute Gasteiger partial charge is 0.491 e. The average Bonchev–Trinajstić information content (AvgIpc) is 2.64. The topological polar surface area (TPSA) is 182 Å². The van der Waals surface area contributed by atoms with Crippen LogP contribution in [0.15, 0.2) is 24.3 Å². The number of ether oxygens (including phenoxy) is 1. The normalized spacial score (nSPS) is 10.7. The molecule has 0 aliphatic rings. The van der Waals surface area contributed by atoms with Gasteiger partial charge < -0.3 is 35.2 Å². The Balaban J connectivity index is 0.000000584. The van der Waals surface area contributed by atoms with Gasteiger partial charge in [-0.1, -0.05) is 26.0 Å². The number of carboxylic acids is 4. The van der Waals surface area contributed by atoms with E-state index in [0.717, 1.165) is 19.6 Å². The number of hydrogen-bond acceptors (Lipinski definition) is 7. The Morgan fingerprint density at radius 3 is 1.83 bits per heavy atom. The highest BCUT2D eigenvalue weighted by molar-refractivity contribution is 5.90. The molecule has 0 bridgehead atoms. The summed E-state index contributed by atoms with van der Waals surface area (Å²) in [5.41, 5.74) is -2.52. The number of aromatic carboxylic acids is 1. The molecule has 0 atom stereocenters. The minimum absolute atomic E-state index is 0.215. The van der Waals surface area contributed by atoms with Gasteiger partial charge in [-0.2, -0.15) is 0 Å². The van der Waals surface area contributed by atoms with E-state index in [4.69, 9.17) is 30.3 Å². The van der Waals surface area contributed by atoms with Gasteiger partial charge >= 0.3 is 23.9 Å². The maximum Gasteiger partial charge on any atom is 0.339 e. The second-order valence-corrected chi connectivity index (χ2v) is 6.15. The maximum atomic E-state index is 10.9. The van der Waals surface area contributed by atoms with Crippen LogP contribution in [-0.2, 0) is 14.4 Å². The van der Waals surface area contributed by atoms with Crippen LogP contribution in [0.4, 0.5) is 0 Å². The van der Waals surface area contributed by atoms with Crippen LogP contribution >= 0.6 is 0 Å². The van der Waals surface area contributed by atoms with Gasteiger partial charge in [0.15, 0.2) is 5.60 Å². The van der Waals surface area contributed by atoms with Crippen LogP contribution in [0, 0.1) is 0 Å². The van der Waals surface area contributed by atoms with Crippen molar-refractivity contribution in [3.05, 3.63) is 29.8 Å². The standard InChI is InChI=1S/C13H19NO3.C6H8O7/c1-3-14(4-2)9-10-17-12-8-6-5-7-11(12)13(15)16;7-3(8)1-6(13,5(11)12)2-4(9)10/h5-8H,3-4,9-10H2,1-2H3,(H,15,16);13H,1-2H2,(H,7,8)(H,9,10)(H,11,12). The predicted molar refractivity (Wildman–Crippen MR) is 104 cm³/mol. The van der Waals surface area contributed by atoms with E-state index >= 15 is 0 Å². The third-order valence-electron chi connectivity index (χ3n) is 3.96. The molecule has 1 aromatic carbocycles. The molecule has 0 fully saturated rings. The fraction of sp³-hybridized carbons (Fsp3) is 0.474. The van der Waals surface area contributed by atoms with Crippen molar-refractivity contribution in [3.8, 4) is 5.75 Å². The molecular weight excluding hydrogens is 402 g/mol. The van der Waals surface area contributed by atoms with E-state index in [0.29, 0.717) is 12.4 Å². The van der Waals surface area contributed by atoms with Crippen LogP contribution in [0.5, 0.6) is 5.75 Å². The number of carboxylic acid groups (broad SMARTS) is 4. The summed E-state index contributed by atoms with van der Waals surface area (Å²) in [7, 11) is 0. The Bertz CT molecular complexity index is 714. The molecule has 1 rings (SSSR count). The maximum absolute atomic E-state index is 10.9. The number of likely N-dealkylation sites (N-methyl/N-ethyl adjacent to an activating group) is 1. The van der Waals surface area contributed by atoms with Crippen molar-refractivity contribution < 1.29 is 49.4 Å². The number of aliphatic carboxylic acids is 3. The SMILES string of the molecule is CCN(CC)CCOc1ccccc1C(=O)O.O=C(O)CC(O)(CC(=O)O)C(=O)O. The molecule has 0 amide bonds. The second-order valence-electron chi connectivity index (χ2n) is 6.15. The van der Waals surface area contributed by atoms with E-state index in [2.05, 4.69) is 18.7 Å². The summed E-state index contributed by atoms with van der Waals surface area (Å²) in [5, 5.41) is 42.8. The zero-order valence-electron chi connectivity index (χ0n) is 16.8. The monoisotopic (exact) mass is 429 g/mol. The first-order chi connectivity index (χ1) is 14.0. The molecule has 168 valence electrons. The smallest absolute Gasteiger partial charge is 0.339 e. The summed E-state index contributed by atoms with van der Waals surface area (Å²) in [5.74, 6) is -5.54. The summed E-state index contributed by atoms with van der Waals surface area (Å²) < 4.78 is 5.51. The second kappa shape index (κ2) is 13.1. The van der Waals surface area contributed by atoms with Gasteiger partial charge in [-0.15, -0.1) is 0 Å². The van der Waals surface area contributed by atoms with Crippen molar-refractivity contribution in [3.63, 3.8) is 0 Å². The molecule has 11 heteroatoms. The fourth-order valence-corrected chi connectivity index (χ4v) is 2.31. The highest BCUT2D eigenvalue weighted by atomic mass is 16.5. The fourth-order valence-electron chi connectivity index (χ4n) is 2.31. The van der Waals surface area contributed by atoms with E-state index in [1.165, 1.54) is 0 Å². The van der Waals surface area contributed by atoms with Gasteiger partial charge in [0.25, 0.3) is 0 Å².